The topological polar surface area (TPSA) is 46.6 Å². The molecule has 0 aliphatic carbocycles. The SMILES string of the molecule is CCc1ccc(C=CC(=O)c2cccc(OCC(=O)N(C)C)c2)cc1. The molecular weight excluding hydrogens is 314 g/mol. The number of benzene rings is 2. The molecule has 0 bridgehead atoms. The summed E-state index contributed by atoms with van der Waals surface area (Å²) in [5.41, 5.74) is 2.77. The van der Waals surface area contributed by atoms with Crippen LogP contribution >= 0.6 is 0 Å². The van der Waals surface area contributed by atoms with Gasteiger partial charge < -0.3 is 9.64 Å². The number of rotatable bonds is 7. The van der Waals surface area contributed by atoms with Crippen molar-refractivity contribution in [3.05, 3.63) is 71.3 Å². The number of amides is 1. The molecule has 2 aromatic carbocycles. The van der Waals surface area contributed by atoms with Crippen LogP contribution in [0.5, 0.6) is 5.75 Å². The molecule has 0 aliphatic rings. The van der Waals surface area contributed by atoms with Crippen LogP contribution in [0.2, 0.25) is 0 Å². The lowest BCUT2D eigenvalue weighted by atomic mass is 10.1. The molecule has 4 heteroatoms. The van der Waals surface area contributed by atoms with Crippen LogP contribution in [-0.4, -0.2) is 37.3 Å². The Labute approximate surface area is 148 Å². The van der Waals surface area contributed by atoms with E-state index in [9.17, 15) is 9.59 Å². The van der Waals surface area contributed by atoms with Gasteiger partial charge in [0.2, 0.25) is 0 Å². The van der Waals surface area contributed by atoms with Crippen LogP contribution in [0.4, 0.5) is 0 Å². The fraction of sp³-hybridized carbons (Fsp3) is 0.238. The largest absolute Gasteiger partial charge is 0.484 e. The van der Waals surface area contributed by atoms with Gasteiger partial charge in [-0.2, -0.15) is 0 Å². The van der Waals surface area contributed by atoms with Crippen molar-refractivity contribution in [3.8, 4) is 5.75 Å². The number of aryl methyl sites for hydroxylation is 1. The Hall–Kier alpha value is -2.88. The second kappa shape index (κ2) is 8.83. The molecule has 2 rings (SSSR count). The van der Waals surface area contributed by atoms with Gasteiger partial charge in [-0.25, -0.2) is 0 Å². The molecule has 4 nitrogen and oxygen atoms in total. The van der Waals surface area contributed by atoms with Crippen molar-refractivity contribution in [3.63, 3.8) is 0 Å². The van der Waals surface area contributed by atoms with Gasteiger partial charge in [-0.3, -0.25) is 9.59 Å². The molecular formula is C21H23NO3. The summed E-state index contributed by atoms with van der Waals surface area (Å²) < 4.78 is 5.44. The zero-order valence-corrected chi connectivity index (χ0v) is 14.9. The van der Waals surface area contributed by atoms with Gasteiger partial charge in [0.05, 0.1) is 0 Å². The molecule has 2 aromatic rings. The highest BCUT2D eigenvalue weighted by molar-refractivity contribution is 6.07. The summed E-state index contributed by atoms with van der Waals surface area (Å²) in [5.74, 6) is 0.262. The van der Waals surface area contributed by atoms with Crippen LogP contribution in [-0.2, 0) is 11.2 Å². The zero-order valence-electron chi connectivity index (χ0n) is 14.9. The minimum atomic E-state index is -0.132. The normalized spacial score (nSPS) is 10.7. The number of likely N-dealkylation sites (N-methyl/N-ethyl adjacent to an activating group) is 1. The van der Waals surface area contributed by atoms with E-state index in [2.05, 4.69) is 19.1 Å². The average Bonchev–Trinajstić information content (AvgIpc) is 2.64. The number of allylic oxidation sites excluding steroid dienone is 1. The number of carbonyl (C=O) groups excluding carboxylic acids is 2. The number of hydrogen-bond donors (Lipinski definition) is 0. The fourth-order valence-electron chi connectivity index (χ4n) is 2.15. The number of ether oxygens (including phenoxy) is 1. The van der Waals surface area contributed by atoms with E-state index in [1.165, 1.54) is 10.5 Å². The summed E-state index contributed by atoms with van der Waals surface area (Å²) in [4.78, 5) is 25.3. The minimum Gasteiger partial charge on any atom is -0.484 e. The maximum absolute atomic E-state index is 12.3. The van der Waals surface area contributed by atoms with Crippen LogP contribution in [0.3, 0.4) is 0 Å². The van der Waals surface area contributed by atoms with Gasteiger partial charge in [-0.1, -0.05) is 49.4 Å². The first kappa shape index (κ1) is 18.5. The Kier molecular flexibility index (Phi) is 6.52. The average molecular weight is 337 g/mol. The molecule has 0 aromatic heterocycles. The Morgan fingerprint density at radius 3 is 2.44 bits per heavy atom. The molecule has 0 fully saturated rings. The second-order valence-electron chi connectivity index (χ2n) is 5.90. The van der Waals surface area contributed by atoms with Crippen LogP contribution in [0.25, 0.3) is 6.08 Å². The fourth-order valence-corrected chi connectivity index (χ4v) is 2.15. The zero-order chi connectivity index (χ0) is 18.2. The Morgan fingerprint density at radius 2 is 1.80 bits per heavy atom. The van der Waals surface area contributed by atoms with Crippen LogP contribution in [0.15, 0.2) is 54.6 Å². The van der Waals surface area contributed by atoms with E-state index in [0.717, 1.165) is 12.0 Å². The number of ketones is 1. The predicted molar refractivity (Wildman–Crippen MR) is 99.8 cm³/mol. The quantitative estimate of drug-likeness (QED) is 0.573. The summed E-state index contributed by atoms with van der Waals surface area (Å²) >= 11 is 0. The third-order valence-electron chi connectivity index (χ3n) is 3.79. The van der Waals surface area contributed by atoms with Crippen molar-refractivity contribution < 1.29 is 14.3 Å². The molecule has 0 atom stereocenters. The first-order chi connectivity index (χ1) is 12.0. The molecule has 25 heavy (non-hydrogen) atoms. The van der Waals surface area contributed by atoms with Crippen LogP contribution in [0.1, 0.15) is 28.4 Å². The lowest BCUT2D eigenvalue weighted by Gasteiger charge is -2.11. The number of nitrogens with zero attached hydrogens (tertiary/aromatic N) is 1. The smallest absolute Gasteiger partial charge is 0.259 e. The monoisotopic (exact) mass is 337 g/mol. The van der Waals surface area contributed by atoms with Gasteiger partial charge in [0.25, 0.3) is 5.91 Å². The third kappa shape index (κ3) is 5.60. The molecule has 0 saturated carbocycles. The van der Waals surface area contributed by atoms with E-state index in [1.54, 1.807) is 50.5 Å². The third-order valence-corrected chi connectivity index (χ3v) is 3.79. The van der Waals surface area contributed by atoms with Gasteiger partial charge in [0.15, 0.2) is 12.4 Å². The van der Waals surface area contributed by atoms with Crippen LogP contribution < -0.4 is 4.74 Å². The standard InChI is InChI=1S/C21H23NO3/c1-4-16-8-10-17(11-9-16)12-13-20(23)18-6-5-7-19(14-18)25-15-21(24)22(2)3/h5-14H,4,15H2,1-3H3. The number of carbonyl (C=O) groups is 2. The highest BCUT2D eigenvalue weighted by Crippen LogP contribution is 2.15. The van der Waals surface area contributed by atoms with Gasteiger partial charge in [0.1, 0.15) is 5.75 Å². The molecule has 0 N–H and O–H groups in total. The Morgan fingerprint density at radius 1 is 1.08 bits per heavy atom. The van der Waals surface area contributed by atoms with Crippen molar-refractivity contribution in [1.29, 1.82) is 0 Å². The van der Waals surface area contributed by atoms with E-state index >= 15 is 0 Å². The molecule has 0 saturated heterocycles. The van der Waals surface area contributed by atoms with E-state index in [4.69, 9.17) is 4.74 Å². The van der Waals surface area contributed by atoms with E-state index < -0.39 is 0 Å². The van der Waals surface area contributed by atoms with E-state index in [0.29, 0.717) is 11.3 Å². The Balaban J connectivity index is 2.02. The molecule has 130 valence electrons. The van der Waals surface area contributed by atoms with Crippen molar-refractivity contribution in [2.75, 3.05) is 20.7 Å². The molecule has 0 aliphatic heterocycles. The minimum absolute atomic E-state index is 0.0513. The number of hydrogen-bond acceptors (Lipinski definition) is 3. The van der Waals surface area contributed by atoms with Crippen LogP contribution in [0, 0.1) is 0 Å². The summed E-state index contributed by atoms with van der Waals surface area (Å²) in [6, 6.07) is 15.0. The first-order valence-corrected chi connectivity index (χ1v) is 8.24. The molecule has 0 heterocycles. The highest BCUT2D eigenvalue weighted by Gasteiger charge is 2.07. The van der Waals surface area contributed by atoms with Crippen molar-refractivity contribution in [2.24, 2.45) is 0 Å². The van der Waals surface area contributed by atoms with Crippen molar-refractivity contribution in [1.82, 2.24) is 4.90 Å². The summed E-state index contributed by atoms with van der Waals surface area (Å²) in [6.45, 7) is 2.06. The molecule has 0 spiro atoms. The van der Waals surface area contributed by atoms with E-state index in [-0.39, 0.29) is 18.3 Å². The molecule has 0 unspecified atom stereocenters. The lowest BCUT2D eigenvalue weighted by Crippen LogP contribution is -2.27. The lowest BCUT2D eigenvalue weighted by molar-refractivity contribution is -0.130. The summed E-state index contributed by atoms with van der Waals surface area (Å²) in [7, 11) is 3.34. The second-order valence-corrected chi connectivity index (χ2v) is 5.90. The molecule has 1 amide bonds. The molecule has 0 radical (unpaired) electrons. The van der Waals surface area contributed by atoms with Gasteiger partial charge in [-0.05, 0) is 35.8 Å². The predicted octanol–water partition coefficient (Wildman–Crippen LogP) is 3.61. The van der Waals surface area contributed by atoms with E-state index in [1.807, 2.05) is 12.1 Å². The summed E-state index contributed by atoms with van der Waals surface area (Å²) in [6.07, 6.45) is 4.34. The van der Waals surface area contributed by atoms with Crippen molar-refractivity contribution in [2.45, 2.75) is 13.3 Å². The maximum Gasteiger partial charge on any atom is 0.259 e. The highest BCUT2D eigenvalue weighted by atomic mass is 16.5. The van der Waals surface area contributed by atoms with Crippen molar-refractivity contribution >= 4 is 17.8 Å². The van der Waals surface area contributed by atoms with Gasteiger partial charge >= 0.3 is 0 Å². The first-order valence-electron chi connectivity index (χ1n) is 8.24. The maximum atomic E-state index is 12.3. The van der Waals surface area contributed by atoms with Gasteiger partial charge in [-0.15, -0.1) is 0 Å². The summed E-state index contributed by atoms with van der Waals surface area (Å²) in [5, 5.41) is 0. The van der Waals surface area contributed by atoms with Gasteiger partial charge in [0, 0.05) is 19.7 Å². The Bertz CT molecular complexity index is 761.